The Bertz CT molecular complexity index is 986. The Morgan fingerprint density at radius 1 is 0.862 bits per heavy atom. The summed E-state index contributed by atoms with van der Waals surface area (Å²) in [5, 5.41) is 11.9. The minimum Gasteiger partial charge on any atom is -0.480 e. The van der Waals surface area contributed by atoms with Crippen molar-refractivity contribution in [3.63, 3.8) is 0 Å². The number of carbonyl (C=O) groups is 2. The van der Waals surface area contributed by atoms with Crippen LogP contribution in [0.1, 0.15) is 22.6 Å². The molecule has 1 aliphatic rings. The van der Waals surface area contributed by atoms with Crippen LogP contribution in [0.15, 0.2) is 78.9 Å². The number of ether oxygens (including phenoxy) is 1. The molecule has 0 heterocycles. The quantitative estimate of drug-likeness (QED) is 0.482. The second-order valence-corrected chi connectivity index (χ2v) is 7.05. The zero-order valence-electron chi connectivity index (χ0n) is 15.7. The fraction of sp³-hybridized carbons (Fsp3) is 0.167. The lowest BCUT2D eigenvalue weighted by Gasteiger charge is -2.17. The number of hydrogen-bond donors (Lipinski definition) is 2. The van der Waals surface area contributed by atoms with E-state index in [1.54, 1.807) is 0 Å². The van der Waals surface area contributed by atoms with Gasteiger partial charge in [0.15, 0.2) is 0 Å². The summed E-state index contributed by atoms with van der Waals surface area (Å²) in [6.45, 7) is 0.150. The van der Waals surface area contributed by atoms with Crippen LogP contribution in [-0.2, 0) is 16.0 Å². The van der Waals surface area contributed by atoms with E-state index in [1.807, 2.05) is 66.7 Å². The van der Waals surface area contributed by atoms with Gasteiger partial charge in [0.1, 0.15) is 12.6 Å². The molecule has 1 atom stereocenters. The zero-order chi connectivity index (χ0) is 20.2. The van der Waals surface area contributed by atoms with Gasteiger partial charge in [0.2, 0.25) is 0 Å². The molecule has 1 aliphatic carbocycles. The number of carboxylic acids is 1. The number of carbonyl (C=O) groups excluding carboxylic acids is 1. The normalized spacial score (nSPS) is 13.2. The number of aliphatic carboxylic acids is 1. The molecule has 1 amide bonds. The second kappa shape index (κ2) is 8.19. The molecular formula is C24H21NO4. The van der Waals surface area contributed by atoms with E-state index in [4.69, 9.17) is 4.74 Å². The van der Waals surface area contributed by atoms with Gasteiger partial charge >= 0.3 is 12.1 Å². The van der Waals surface area contributed by atoms with E-state index < -0.39 is 18.1 Å². The van der Waals surface area contributed by atoms with Crippen LogP contribution in [0.2, 0.25) is 0 Å². The zero-order valence-corrected chi connectivity index (χ0v) is 15.7. The average molecular weight is 397 g/mol. The molecule has 0 saturated heterocycles. The van der Waals surface area contributed by atoms with Gasteiger partial charge in [0.25, 0.3) is 0 Å². The number of alkyl carbamates (subject to hydrolysis) is 1. The summed E-state index contributed by atoms with van der Waals surface area (Å²) < 4.78 is 5.44. The average Bonchev–Trinajstić information content (AvgIpc) is 3.06. The minimum atomic E-state index is -1.10. The number of amides is 1. The summed E-state index contributed by atoms with van der Waals surface area (Å²) in [4.78, 5) is 23.9. The van der Waals surface area contributed by atoms with E-state index in [-0.39, 0.29) is 18.9 Å². The van der Waals surface area contributed by atoms with Crippen LogP contribution >= 0.6 is 0 Å². The molecule has 0 aliphatic heterocycles. The van der Waals surface area contributed by atoms with Crippen molar-refractivity contribution < 1.29 is 19.4 Å². The fourth-order valence-corrected chi connectivity index (χ4v) is 3.83. The Balaban J connectivity index is 1.43. The molecule has 0 spiro atoms. The summed E-state index contributed by atoms with van der Waals surface area (Å²) in [5.41, 5.74) is 5.34. The van der Waals surface area contributed by atoms with Gasteiger partial charge in [0, 0.05) is 12.3 Å². The van der Waals surface area contributed by atoms with Gasteiger partial charge in [-0.2, -0.15) is 0 Å². The maximum absolute atomic E-state index is 12.3. The van der Waals surface area contributed by atoms with Gasteiger partial charge in [0.05, 0.1) is 0 Å². The second-order valence-electron chi connectivity index (χ2n) is 7.05. The van der Waals surface area contributed by atoms with Gasteiger partial charge in [-0.05, 0) is 27.8 Å². The predicted octanol–water partition coefficient (Wildman–Crippen LogP) is 4.22. The summed E-state index contributed by atoms with van der Waals surface area (Å²) in [5.74, 6) is -1.16. The molecule has 4 rings (SSSR count). The molecule has 3 aromatic rings. The van der Waals surface area contributed by atoms with Gasteiger partial charge in [-0.3, -0.25) is 0 Å². The summed E-state index contributed by atoms with van der Waals surface area (Å²) in [6, 6.07) is 24.3. The Morgan fingerprint density at radius 2 is 1.41 bits per heavy atom. The van der Waals surface area contributed by atoms with Crippen LogP contribution in [0, 0.1) is 0 Å². The largest absolute Gasteiger partial charge is 0.480 e. The molecule has 5 nitrogen and oxygen atoms in total. The maximum atomic E-state index is 12.3. The first kappa shape index (κ1) is 18.7. The van der Waals surface area contributed by atoms with Crippen molar-refractivity contribution in [1.82, 2.24) is 5.32 Å². The molecule has 0 radical (unpaired) electrons. The van der Waals surface area contributed by atoms with Gasteiger partial charge < -0.3 is 15.2 Å². The van der Waals surface area contributed by atoms with E-state index in [9.17, 15) is 14.7 Å². The first-order valence-electron chi connectivity index (χ1n) is 9.51. The third-order valence-electron chi connectivity index (χ3n) is 5.22. The van der Waals surface area contributed by atoms with E-state index >= 15 is 0 Å². The Hall–Kier alpha value is -3.60. The minimum absolute atomic E-state index is 0.0643. The molecule has 5 heteroatoms. The van der Waals surface area contributed by atoms with Crippen molar-refractivity contribution in [1.29, 1.82) is 0 Å². The Labute approximate surface area is 169 Å². The third kappa shape index (κ3) is 3.99. The van der Waals surface area contributed by atoms with Crippen LogP contribution in [-0.4, -0.2) is 29.8 Å². The van der Waals surface area contributed by atoms with Crippen LogP contribution in [0.3, 0.4) is 0 Å². The molecule has 146 valence electrons. The molecule has 0 fully saturated rings. The summed E-state index contributed by atoms with van der Waals surface area (Å²) in [6.07, 6.45) is -0.532. The third-order valence-corrected chi connectivity index (χ3v) is 5.22. The van der Waals surface area contributed by atoms with E-state index in [1.165, 1.54) is 0 Å². The molecule has 0 saturated carbocycles. The molecule has 0 unspecified atom stereocenters. The van der Waals surface area contributed by atoms with Crippen LogP contribution in [0.25, 0.3) is 11.1 Å². The smallest absolute Gasteiger partial charge is 0.407 e. The SMILES string of the molecule is O=C([15NH][13C@H]([13CH2][13c]1[13cH][13cH][13cH][13cH][13cH]1)[13C](=O)O)OCC1c2ccccc2-c2ccccc21. The lowest BCUT2D eigenvalue weighted by Crippen LogP contribution is -2.42. The highest BCUT2D eigenvalue weighted by Crippen LogP contribution is 2.44. The number of carboxylic acid groups (broad SMARTS) is 1. The summed E-state index contributed by atoms with van der Waals surface area (Å²) >= 11 is 0. The van der Waals surface area contributed by atoms with Gasteiger partial charge in [-0.1, -0.05) is 78.9 Å². The van der Waals surface area contributed by atoms with Crippen LogP contribution in [0.5, 0.6) is 0 Å². The predicted molar refractivity (Wildman–Crippen MR) is 110 cm³/mol. The van der Waals surface area contributed by atoms with Crippen molar-refractivity contribution in [3.05, 3.63) is 95.6 Å². The number of fused-ring (bicyclic) bond motifs is 3. The molecular weight excluding hydrogens is 376 g/mol. The van der Waals surface area contributed by atoms with Gasteiger partial charge in [-0.15, -0.1) is 0 Å². The highest BCUT2D eigenvalue weighted by molar-refractivity contribution is 5.81. The molecule has 0 aromatic heterocycles. The van der Waals surface area contributed by atoms with Crippen LogP contribution in [0.4, 0.5) is 4.79 Å². The topological polar surface area (TPSA) is 75.6 Å². The van der Waals surface area contributed by atoms with Crippen molar-refractivity contribution >= 4 is 12.1 Å². The first-order chi connectivity index (χ1) is 14.1. The number of rotatable bonds is 6. The van der Waals surface area contributed by atoms with Crippen molar-refractivity contribution in [2.45, 2.75) is 18.4 Å². The number of nitrogens with one attached hydrogen (secondary N) is 1. The highest BCUT2D eigenvalue weighted by Gasteiger charge is 2.29. The highest BCUT2D eigenvalue weighted by atomic mass is 16.6. The Morgan fingerprint density at radius 3 is 2.00 bits per heavy atom. The van der Waals surface area contributed by atoms with E-state index in [2.05, 4.69) is 17.4 Å². The summed E-state index contributed by atoms with van der Waals surface area (Å²) in [7, 11) is 0. The molecule has 3 aromatic carbocycles. The number of hydrogen-bond acceptors (Lipinski definition) is 3. The van der Waals surface area contributed by atoms with Crippen LogP contribution < -0.4 is 5.32 Å². The fourth-order valence-electron chi connectivity index (χ4n) is 3.83. The van der Waals surface area contributed by atoms with Gasteiger partial charge in [-0.25, -0.2) is 9.59 Å². The Kier molecular flexibility index (Phi) is 5.29. The van der Waals surface area contributed by atoms with E-state index in [0.29, 0.717) is 0 Å². The number of benzene rings is 3. The monoisotopic (exact) mass is 397 g/mol. The standard InChI is InChI=1S/C24H21NO4/c26-23(27)22(14-16-8-2-1-3-9-16)25-24(28)29-15-21-19-12-6-4-10-17(19)18-11-5-7-13-20(18)21/h1-13,21-22H,14-15H2,(H,25,28)(H,26,27)/t22-/m1/s1/i1+1,2+1,3+1,8+1,9+1,14+1,16+1,22+1,23+1,25+1. The maximum Gasteiger partial charge on any atom is 0.407 e. The van der Waals surface area contributed by atoms with E-state index in [0.717, 1.165) is 27.8 Å². The lowest BCUT2D eigenvalue weighted by atomic mass is 9.98. The first-order valence-corrected chi connectivity index (χ1v) is 9.51. The lowest BCUT2D eigenvalue weighted by molar-refractivity contribution is -0.139. The molecule has 0 bridgehead atoms. The molecule has 29 heavy (non-hydrogen) atoms. The van der Waals surface area contributed by atoms with Crippen molar-refractivity contribution in [2.24, 2.45) is 0 Å². The van der Waals surface area contributed by atoms with Crippen molar-refractivity contribution in [2.75, 3.05) is 6.61 Å². The van der Waals surface area contributed by atoms with Crippen molar-refractivity contribution in [3.8, 4) is 11.1 Å². The molecule has 2 N–H and O–H groups in total.